The second-order valence-corrected chi connectivity index (χ2v) is 4.72. The van der Waals surface area contributed by atoms with Gasteiger partial charge in [0.2, 0.25) is 5.82 Å². The molecule has 0 saturated heterocycles. The third-order valence-electron chi connectivity index (χ3n) is 3.48. The van der Waals surface area contributed by atoms with Crippen molar-refractivity contribution in [1.29, 1.82) is 0 Å². The van der Waals surface area contributed by atoms with Crippen LogP contribution in [0, 0.1) is 10.1 Å². The molecular formula is C14H13N3O3. The highest BCUT2D eigenvalue weighted by molar-refractivity contribution is 5.57. The number of aliphatic hydroxyl groups excluding tert-OH is 1. The number of anilines is 1. The molecule has 3 rings (SSSR count). The summed E-state index contributed by atoms with van der Waals surface area (Å²) < 4.78 is 0. The van der Waals surface area contributed by atoms with Crippen LogP contribution in [0.25, 0.3) is 0 Å². The van der Waals surface area contributed by atoms with Gasteiger partial charge in [-0.3, -0.25) is 10.1 Å². The number of aromatic nitrogens is 1. The Bertz CT molecular complexity index is 660. The largest absolute Gasteiger partial charge is 0.390 e. The Morgan fingerprint density at radius 2 is 2.10 bits per heavy atom. The second-order valence-electron chi connectivity index (χ2n) is 4.72. The van der Waals surface area contributed by atoms with Crippen molar-refractivity contribution in [3.63, 3.8) is 0 Å². The first-order chi connectivity index (χ1) is 9.66. The van der Waals surface area contributed by atoms with Crippen LogP contribution in [0.2, 0.25) is 0 Å². The third kappa shape index (κ3) is 2.10. The fourth-order valence-electron chi connectivity index (χ4n) is 2.55. The lowest BCUT2D eigenvalue weighted by molar-refractivity contribution is -0.384. The van der Waals surface area contributed by atoms with Crippen molar-refractivity contribution in [1.82, 2.24) is 4.98 Å². The van der Waals surface area contributed by atoms with E-state index in [-0.39, 0.29) is 17.5 Å². The zero-order valence-electron chi connectivity index (χ0n) is 10.6. The number of hydrogen-bond donors (Lipinski definition) is 2. The van der Waals surface area contributed by atoms with Crippen molar-refractivity contribution in [3.05, 3.63) is 63.8 Å². The van der Waals surface area contributed by atoms with Crippen molar-refractivity contribution in [2.45, 2.75) is 18.6 Å². The Kier molecular flexibility index (Phi) is 3.08. The van der Waals surface area contributed by atoms with Gasteiger partial charge in [-0.05, 0) is 17.2 Å². The van der Waals surface area contributed by atoms with Crippen LogP contribution < -0.4 is 5.32 Å². The van der Waals surface area contributed by atoms with Crippen LogP contribution in [-0.2, 0) is 6.42 Å². The number of pyridine rings is 1. The predicted octanol–water partition coefficient (Wildman–Crippen LogP) is 2.06. The molecule has 102 valence electrons. The summed E-state index contributed by atoms with van der Waals surface area (Å²) in [4.78, 5) is 14.5. The van der Waals surface area contributed by atoms with E-state index in [1.807, 2.05) is 24.3 Å². The van der Waals surface area contributed by atoms with Gasteiger partial charge in [-0.25, -0.2) is 4.98 Å². The monoisotopic (exact) mass is 271 g/mol. The van der Waals surface area contributed by atoms with Crippen molar-refractivity contribution >= 4 is 11.5 Å². The van der Waals surface area contributed by atoms with E-state index in [1.165, 1.54) is 18.3 Å². The fraction of sp³-hybridized carbons (Fsp3) is 0.214. The molecule has 0 aliphatic heterocycles. The van der Waals surface area contributed by atoms with Crippen LogP contribution in [0.4, 0.5) is 11.5 Å². The maximum absolute atomic E-state index is 11.0. The number of nitro groups is 1. The molecule has 1 aliphatic carbocycles. The van der Waals surface area contributed by atoms with E-state index < -0.39 is 11.0 Å². The number of benzene rings is 1. The topological polar surface area (TPSA) is 88.3 Å². The third-order valence-corrected chi connectivity index (χ3v) is 3.48. The summed E-state index contributed by atoms with van der Waals surface area (Å²) in [6.07, 6.45) is 1.41. The Morgan fingerprint density at radius 1 is 1.30 bits per heavy atom. The highest BCUT2D eigenvalue weighted by Gasteiger charge is 2.32. The van der Waals surface area contributed by atoms with E-state index in [1.54, 1.807) is 0 Å². The molecule has 2 N–H and O–H groups in total. The van der Waals surface area contributed by atoms with Gasteiger partial charge in [0, 0.05) is 18.7 Å². The molecule has 2 aromatic rings. The van der Waals surface area contributed by atoms with Crippen LogP contribution in [0.3, 0.4) is 0 Å². The van der Waals surface area contributed by atoms with Gasteiger partial charge in [0.25, 0.3) is 0 Å². The summed E-state index contributed by atoms with van der Waals surface area (Å²) in [5.41, 5.74) is 1.92. The van der Waals surface area contributed by atoms with Gasteiger partial charge in [-0.1, -0.05) is 24.3 Å². The number of rotatable bonds is 3. The van der Waals surface area contributed by atoms with Crippen molar-refractivity contribution < 1.29 is 10.0 Å². The lowest BCUT2D eigenvalue weighted by Gasteiger charge is -2.18. The molecule has 6 nitrogen and oxygen atoms in total. The molecule has 0 saturated carbocycles. The fourth-order valence-corrected chi connectivity index (χ4v) is 2.55. The van der Waals surface area contributed by atoms with Gasteiger partial charge in [0.1, 0.15) is 0 Å². The Balaban J connectivity index is 1.94. The first kappa shape index (κ1) is 12.6. The van der Waals surface area contributed by atoms with Gasteiger partial charge in [-0.2, -0.15) is 0 Å². The van der Waals surface area contributed by atoms with Gasteiger partial charge >= 0.3 is 5.69 Å². The zero-order valence-corrected chi connectivity index (χ0v) is 10.6. The number of aliphatic hydroxyl groups is 1. The van der Waals surface area contributed by atoms with Crippen LogP contribution in [-0.4, -0.2) is 21.1 Å². The standard InChI is InChI=1S/C14H13N3O3/c18-12-8-9-4-1-2-5-10(9)13(12)16-14-11(17(19)20)6-3-7-15-14/h1-7,12-13,18H,8H2,(H,15,16)/t12-,13+/m1/s1. The molecule has 0 unspecified atom stereocenters. The van der Waals surface area contributed by atoms with E-state index in [0.717, 1.165) is 11.1 Å². The van der Waals surface area contributed by atoms with Gasteiger partial charge in [0.05, 0.1) is 17.1 Å². The SMILES string of the molecule is O=[N+]([O-])c1cccnc1N[C@H]1c2ccccc2C[C@H]1O. The van der Waals surface area contributed by atoms with Crippen molar-refractivity contribution in [3.8, 4) is 0 Å². The molecule has 20 heavy (non-hydrogen) atoms. The number of nitrogens with one attached hydrogen (secondary N) is 1. The second kappa shape index (κ2) is 4.90. The highest BCUT2D eigenvalue weighted by Crippen LogP contribution is 2.35. The highest BCUT2D eigenvalue weighted by atomic mass is 16.6. The Labute approximate surface area is 115 Å². The summed E-state index contributed by atoms with van der Waals surface area (Å²) in [6, 6.07) is 10.2. The Morgan fingerprint density at radius 3 is 2.90 bits per heavy atom. The average molecular weight is 271 g/mol. The molecule has 0 amide bonds. The summed E-state index contributed by atoms with van der Waals surface area (Å²) in [5, 5.41) is 24.1. The zero-order chi connectivity index (χ0) is 14.1. The molecule has 1 aromatic heterocycles. The number of nitrogens with zero attached hydrogens (tertiary/aromatic N) is 2. The minimum Gasteiger partial charge on any atom is -0.390 e. The molecule has 1 aliphatic rings. The molecule has 6 heteroatoms. The Hall–Kier alpha value is -2.47. The molecule has 0 spiro atoms. The molecule has 2 atom stereocenters. The van der Waals surface area contributed by atoms with Crippen molar-refractivity contribution in [2.24, 2.45) is 0 Å². The van der Waals surface area contributed by atoms with E-state index >= 15 is 0 Å². The molecule has 0 bridgehead atoms. The summed E-state index contributed by atoms with van der Waals surface area (Å²) in [6.45, 7) is 0. The van der Waals surface area contributed by atoms with Gasteiger partial charge in [-0.15, -0.1) is 0 Å². The van der Waals surface area contributed by atoms with Crippen LogP contribution >= 0.6 is 0 Å². The van der Waals surface area contributed by atoms with E-state index in [4.69, 9.17) is 0 Å². The lowest BCUT2D eigenvalue weighted by Crippen LogP contribution is -2.22. The van der Waals surface area contributed by atoms with Crippen LogP contribution in [0.15, 0.2) is 42.6 Å². The molecule has 0 radical (unpaired) electrons. The predicted molar refractivity (Wildman–Crippen MR) is 73.4 cm³/mol. The average Bonchev–Trinajstić information content (AvgIpc) is 2.76. The normalized spacial score (nSPS) is 20.4. The lowest BCUT2D eigenvalue weighted by atomic mass is 10.1. The van der Waals surface area contributed by atoms with Crippen molar-refractivity contribution in [2.75, 3.05) is 5.32 Å². The number of hydrogen-bond acceptors (Lipinski definition) is 5. The van der Waals surface area contributed by atoms with Crippen LogP contribution in [0.5, 0.6) is 0 Å². The summed E-state index contributed by atoms with van der Waals surface area (Å²) in [5.74, 6) is 0.179. The first-order valence-electron chi connectivity index (χ1n) is 6.28. The summed E-state index contributed by atoms with van der Waals surface area (Å²) in [7, 11) is 0. The smallest absolute Gasteiger partial charge is 0.311 e. The minimum absolute atomic E-state index is 0.0934. The molecule has 1 heterocycles. The van der Waals surface area contributed by atoms with Gasteiger partial charge in [0.15, 0.2) is 0 Å². The number of fused-ring (bicyclic) bond motifs is 1. The maximum Gasteiger partial charge on any atom is 0.311 e. The van der Waals surface area contributed by atoms with E-state index in [9.17, 15) is 15.2 Å². The molecule has 0 fully saturated rings. The molecular weight excluding hydrogens is 258 g/mol. The quantitative estimate of drug-likeness (QED) is 0.659. The minimum atomic E-state index is -0.617. The molecule has 1 aromatic carbocycles. The van der Waals surface area contributed by atoms with E-state index in [0.29, 0.717) is 6.42 Å². The van der Waals surface area contributed by atoms with Gasteiger partial charge < -0.3 is 10.4 Å². The van der Waals surface area contributed by atoms with Crippen LogP contribution in [0.1, 0.15) is 17.2 Å². The van der Waals surface area contributed by atoms with E-state index in [2.05, 4.69) is 10.3 Å². The first-order valence-corrected chi connectivity index (χ1v) is 6.28. The summed E-state index contributed by atoms with van der Waals surface area (Å²) >= 11 is 0. The maximum atomic E-state index is 11.0.